The molecule has 496 valence electrons. The second-order valence-electron chi connectivity index (χ2n) is 18.8. The van der Waals surface area contributed by atoms with Gasteiger partial charge in [0.05, 0.1) is 55.5 Å². The minimum atomic E-state index is -4.18. The zero-order chi connectivity index (χ0) is 70.2. The number of carbonyl (C=O) groups excluding carboxylic acids is 1. The van der Waals surface area contributed by atoms with Crippen LogP contribution in [0.1, 0.15) is 30.4 Å². The third kappa shape index (κ3) is 24.7. The fraction of sp³-hybridized carbons (Fsp3) is 0.0806. The summed E-state index contributed by atoms with van der Waals surface area (Å²) in [5.74, 6) is 9.35. The number of nitro benzene ring substituents is 3. The molecule has 10 N–H and O–H groups in total. The van der Waals surface area contributed by atoms with E-state index in [1.54, 1.807) is 48.5 Å². The number of nitrogens with zero attached hydrogens (tertiary/aromatic N) is 3. The molecule has 0 saturated heterocycles. The Morgan fingerprint density at radius 3 is 1.29 bits per heavy atom. The first kappa shape index (κ1) is 76.7. The highest BCUT2D eigenvalue weighted by molar-refractivity contribution is 14.1. The van der Waals surface area contributed by atoms with E-state index in [1.807, 2.05) is 121 Å². The fourth-order valence-electron chi connectivity index (χ4n) is 7.26. The van der Waals surface area contributed by atoms with Gasteiger partial charge in [-0.3, -0.25) is 35.1 Å². The van der Waals surface area contributed by atoms with Gasteiger partial charge in [0.1, 0.15) is 60.7 Å². The molecule has 0 heterocycles. The van der Waals surface area contributed by atoms with Crippen LogP contribution in [0.3, 0.4) is 0 Å². The van der Waals surface area contributed by atoms with E-state index in [0.717, 1.165) is 66.5 Å². The van der Waals surface area contributed by atoms with Gasteiger partial charge in [-0.1, -0.05) is 90.2 Å². The Balaban J connectivity index is 0.000000218. The zero-order valence-corrected chi connectivity index (χ0v) is 58.5. The number of nitro groups is 3. The van der Waals surface area contributed by atoms with Crippen LogP contribution >= 0.6 is 72.7 Å². The summed E-state index contributed by atoms with van der Waals surface area (Å²) < 4.78 is 97.8. The number of esters is 1. The summed E-state index contributed by atoms with van der Waals surface area (Å²) in [7, 11) is -11.0. The van der Waals surface area contributed by atoms with Crippen LogP contribution in [-0.4, -0.2) is 53.1 Å². The number of methoxy groups -OCH3 is 1. The number of non-ortho nitro benzene ring substituents is 3. The number of nitrogen functional groups attached to an aromatic ring is 2. The van der Waals surface area contributed by atoms with E-state index in [4.69, 9.17) is 57.4 Å². The van der Waals surface area contributed by atoms with Gasteiger partial charge >= 0.3 is 5.97 Å². The van der Waals surface area contributed by atoms with Gasteiger partial charge in [0.25, 0.3) is 17.1 Å². The maximum Gasteiger partial charge on any atom is 0.305 e. The number of unbranched alkanes of at least 4 members (excludes halogenated alkanes) is 1. The van der Waals surface area contributed by atoms with E-state index in [1.165, 1.54) is 19.2 Å². The van der Waals surface area contributed by atoms with Gasteiger partial charge in [0, 0.05) is 49.2 Å². The minimum absolute atomic E-state index is 0.0628. The predicted octanol–water partition coefficient (Wildman–Crippen LogP) is 14.1. The van der Waals surface area contributed by atoms with Gasteiger partial charge in [-0.15, -0.1) is 0 Å². The summed E-state index contributed by atoms with van der Waals surface area (Å²) in [6.07, 6.45) is 1.68. The van der Waals surface area contributed by atoms with Crippen LogP contribution in [0.15, 0.2) is 213 Å². The second kappa shape index (κ2) is 36.0. The zero-order valence-electron chi connectivity index (χ0n) is 49.4. The number of nitrogens with two attached hydrogens (primary N) is 5. The summed E-state index contributed by atoms with van der Waals surface area (Å²) in [4.78, 5) is 39.4. The summed E-state index contributed by atoms with van der Waals surface area (Å²) in [6.45, 7) is 1.89. The Labute approximate surface area is 585 Å². The summed E-state index contributed by atoms with van der Waals surface area (Å²) in [6, 6.07) is 51.8. The van der Waals surface area contributed by atoms with Crippen LogP contribution < -0.4 is 45.8 Å². The number of sulfonamides is 3. The smallest absolute Gasteiger partial charge is 0.305 e. The van der Waals surface area contributed by atoms with Crippen LogP contribution in [0.2, 0.25) is 5.02 Å². The molecule has 9 aromatic carbocycles. The summed E-state index contributed by atoms with van der Waals surface area (Å²) in [5, 5.41) is 46.7. The van der Waals surface area contributed by atoms with Gasteiger partial charge in [0.2, 0.25) is 30.1 Å². The van der Waals surface area contributed by atoms with Crippen LogP contribution in [0, 0.1) is 56.2 Å². The molecule has 0 amide bonds. The highest BCUT2D eigenvalue weighted by Crippen LogP contribution is 2.37. The number of ether oxygens (including phenoxy) is 5. The van der Waals surface area contributed by atoms with Crippen LogP contribution in [0.25, 0.3) is 0 Å². The lowest BCUT2D eigenvalue weighted by Gasteiger charge is -2.11. The van der Waals surface area contributed by atoms with Gasteiger partial charge in [0.15, 0.2) is 0 Å². The first-order chi connectivity index (χ1) is 44.8. The maximum absolute atomic E-state index is 11.6. The van der Waals surface area contributed by atoms with Crippen molar-refractivity contribution in [3.05, 3.63) is 252 Å². The molecule has 0 fully saturated rings. The lowest BCUT2D eigenvalue weighted by molar-refractivity contribution is -0.385. The van der Waals surface area contributed by atoms with Crippen LogP contribution in [-0.2, 0) is 39.6 Å². The van der Waals surface area contributed by atoms with Crippen molar-refractivity contribution in [3.63, 3.8) is 0 Å². The average molecular weight is 1660 g/mol. The van der Waals surface area contributed by atoms with Crippen molar-refractivity contribution in [3.8, 4) is 57.8 Å². The largest absolute Gasteiger partial charge is 0.469 e. The molecular weight excluding hydrogens is 1610 g/mol. The summed E-state index contributed by atoms with van der Waals surface area (Å²) >= 11 is 13.1. The topological polar surface area (TPSA) is 425 Å². The molecule has 0 bridgehead atoms. The number of rotatable bonds is 17. The SMILES string of the molecule is COC(=O)CCCC#Cc1ccccc1Oc1ccccc1N.Cc1ccc(Oc2ccc([N+](=O)[O-])cc2S(N)(=O)=O)c(Br)c1.NS(=O)(=O)c1cc([N+](=O)[O-])ccc1Cl.NS(=O)(=O)c1cc([N+](=O)[O-])ccc1Oc1ccccc1I.Nc1ccccc1Oc1ccccc1I. The Morgan fingerprint density at radius 2 is 0.874 bits per heavy atom. The molecule has 26 nitrogen and oxygen atoms in total. The number of primary sulfonamides is 3. The van der Waals surface area contributed by atoms with Crippen molar-refractivity contribution in [2.75, 3.05) is 18.6 Å². The quantitative estimate of drug-likeness (QED) is 0.0107. The molecular formula is C62H54BrClI2N8O18S3. The molecule has 0 aliphatic carbocycles. The monoisotopic (exact) mass is 1660 g/mol. The number of hydrogen-bond acceptors (Lipinski definition) is 20. The van der Waals surface area contributed by atoms with Crippen molar-refractivity contribution < 1.29 is 68.5 Å². The Kier molecular flexibility index (Phi) is 29.1. The lowest BCUT2D eigenvalue weighted by atomic mass is 10.2. The molecule has 0 aromatic heterocycles. The van der Waals surface area contributed by atoms with Crippen molar-refractivity contribution in [2.45, 2.75) is 40.9 Å². The molecule has 0 aliphatic heterocycles. The number of anilines is 2. The first-order valence-electron chi connectivity index (χ1n) is 26.7. The predicted molar refractivity (Wildman–Crippen MR) is 377 cm³/mol. The van der Waals surface area contributed by atoms with Crippen molar-refractivity contribution in [2.24, 2.45) is 15.4 Å². The van der Waals surface area contributed by atoms with Crippen molar-refractivity contribution in [1.82, 2.24) is 0 Å². The first-order valence-corrected chi connectivity index (χ1v) is 34.6. The molecule has 0 radical (unpaired) electrons. The van der Waals surface area contributed by atoms with Gasteiger partial charge < -0.3 is 35.2 Å². The van der Waals surface area contributed by atoms with Crippen molar-refractivity contribution in [1.29, 1.82) is 0 Å². The summed E-state index contributed by atoms with van der Waals surface area (Å²) in [5.41, 5.74) is 13.5. The Bertz CT molecular complexity index is 4660. The number of benzene rings is 9. The highest BCUT2D eigenvalue weighted by atomic mass is 127. The number of halogens is 4. The normalized spacial score (nSPS) is 10.6. The number of para-hydroxylation sites is 7. The molecule has 33 heteroatoms. The third-order valence-electron chi connectivity index (χ3n) is 11.8. The number of aryl methyl sites for hydroxylation is 1. The van der Waals surface area contributed by atoms with E-state index < -0.39 is 59.5 Å². The van der Waals surface area contributed by atoms with Gasteiger partial charge in [-0.25, -0.2) is 40.7 Å². The van der Waals surface area contributed by atoms with Crippen LogP contribution in [0.5, 0.6) is 46.0 Å². The van der Waals surface area contributed by atoms with Crippen LogP contribution in [0.4, 0.5) is 28.4 Å². The Morgan fingerprint density at radius 1 is 0.505 bits per heavy atom. The van der Waals surface area contributed by atoms with E-state index in [0.29, 0.717) is 63.9 Å². The van der Waals surface area contributed by atoms with Gasteiger partial charge in [-0.05, 0) is 171 Å². The maximum atomic E-state index is 11.6. The number of hydrogen-bond donors (Lipinski definition) is 5. The number of carbonyl (C=O) groups is 1. The fourth-order valence-corrected chi connectivity index (χ4v) is 11.2. The van der Waals surface area contributed by atoms with Crippen molar-refractivity contribution >= 4 is 137 Å². The third-order valence-corrected chi connectivity index (χ3v) is 17.5. The van der Waals surface area contributed by atoms with E-state index in [2.05, 4.69) is 55.1 Å². The second-order valence-corrected chi connectivity index (χ2v) is 27.0. The Hall–Kier alpha value is -9.03. The highest BCUT2D eigenvalue weighted by Gasteiger charge is 2.23. The van der Waals surface area contributed by atoms with Gasteiger partial charge in [-0.2, -0.15) is 0 Å². The molecule has 0 atom stereocenters. The molecule has 0 saturated carbocycles. The molecule has 0 spiro atoms. The standard InChI is InChI=1S/C19H19NO3.C13H11BrN2O5S.C12H9IN2O5S.C12H10INO.C6H5ClN2O4S/c1-22-19(21)14-4-2-3-9-15-10-5-7-12-17(15)23-18-13-8-6-11-16(18)20;1-8-2-4-11(10(14)6-8)21-12-5-3-9(16(17)18)7-13(12)22(15,19)20;13-9-3-1-2-4-10(9)20-11-6-5-8(15(16)17)7-12(11)21(14,18)19;13-9-5-1-3-7-11(9)15-12-8-4-2-6-10(12)14;7-5-2-1-4(9(10)11)3-6(5)14(8,12)13/h5-8,10-13H,2,4,14,20H2,1H3;2-7H,1H3,(H2,15,19,20);1-7H,(H2,14,18,19);1-8H,14H2;1-3H,(H2,8,12,13). The van der Waals surface area contributed by atoms with E-state index >= 15 is 0 Å². The molecule has 9 aromatic rings. The van der Waals surface area contributed by atoms with E-state index in [-0.39, 0.29) is 39.6 Å². The molecule has 0 aliphatic rings. The minimum Gasteiger partial charge on any atom is -0.469 e. The average Bonchev–Trinajstić information content (AvgIpc) is 0.821. The molecule has 9 rings (SSSR count). The molecule has 0 unspecified atom stereocenters. The molecule has 95 heavy (non-hydrogen) atoms. The van der Waals surface area contributed by atoms with E-state index in [9.17, 15) is 60.4 Å². The lowest BCUT2D eigenvalue weighted by Crippen LogP contribution is -2.13.